The second kappa shape index (κ2) is 5.58. The topological polar surface area (TPSA) is 57.9 Å². The minimum Gasteiger partial charge on any atom is -0.223 e. The molecule has 2 aromatic rings. The van der Waals surface area contributed by atoms with Crippen LogP contribution >= 0.6 is 23.2 Å². The molecule has 1 fully saturated rings. The van der Waals surface area contributed by atoms with Gasteiger partial charge in [0.25, 0.3) is 0 Å². The zero-order valence-electron chi connectivity index (χ0n) is 11.3. The summed E-state index contributed by atoms with van der Waals surface area (Å²) in [6.45, 7) is 0. The molecule has 3 nitrogen and oxygen atoms in total. The van der Waals surface area contributed by atoms with Crippen molar-refractivity contribution in [2.24, 2.45) is 5.92 Å². The van der Waals surface area contributed by atoms with Gasteiger partial charge in [0.15, 0.2) is 9.84 Å². The summed E-state index contributed by atoms with van der Waals surface area (Å²) < 4.78 is 25.4. The van der Waals surface area contributed by atoms with E-state index in [1.807, 2.05) is 0 Å². The number of rotatable bonds is 3. The Bertz CT molecular complexity index is 856. The number of nitriles is 1. The van der Waals surface area contributed by atoms with E-state index in [1.54, 1.807) is 24.3 Å². The Morgan fingerprint density at radius 3 is 2.27 bits per heavy atom. The predicted molar refractivity (Wildman–Crippen MR) is 85.7 cm³/mol. The van der Waals surface area contributed by atoms with Crippen molar-refractivity contribution in [1.29, 1.82) is 5.26 Å². The molecule has 1 saturated carbocycles. The third kappa shape index (κ3) is 2.61. The molecule has 0 heterocycles. The molecule has 112 valence electrons. The lowest BCUT2D eigenvalue weighted by atomic mass is 10.1. The minimum absolute atomic E-state index is 0.187. The molecule has 0 amide bonds. The van der Waals surface area contributed by atoms with E-state index >= 15 is 0 Å². The van der Waals surface area contributed by atoms with Gasteiger partial charge in [-0.25, -0.2) is 8.42 Å². The molecule has 1 aliphatic carbocycles. The van der Waals surface area contributed by atoms with Gasteiger partial charge in [-0.2, -0.15) is 5.26 Å². The van der Waals surface area contributed by atoms with Crippen molar-refractivity contribution in [3.8, 4) is 6.07 Å². The lowest BCUT2D eigenvalue weighted by Gasteiger charge is -2.04. The van der Waals surface area contributed by atoms with Crippen LogP contribution in [0.4, 0.5) is 0 Å². The number of benzene rings is 2. The molecule has 0 spiro atoms. The highest BCUT2D eigenvalue weighted by Crippen LogP contribution is 2.53. The Labute approximate surface area is 139 Å². The first-order valence-corrected chi connectivity index (χ1v) is 8.90. The number of sulfone groups is 1. The van der Waals surface area contributed by atoms with Crippen LogP contribution in [0, 0.1) is 17.2 Å². The summed E-state index contributed by atoms with van der Waals surface area (Å²) in [5.41, 5.74) is 0.779. The van der Waals surface area contributed by atoms with E-state index < -0.39 is 21.0 Å². The number of nitrogens with zero attached hydrogens (tertiary/aromatic N) is 1. The van der Waals surface area contributed by atoms with Crippen LogP contribution in [0.1, 0.15) is 11.5 Å². The van der Waals surface area contributed by atoms with E-state index in [0.717, 1.165) is 5.56 Å². The first-order valence-electron chi connectivity index (χ1n) is 6.59. The average Bonchev–Trinajstić information content (AvgIpc) is 3.23. The van der Waals surface area contributed by atoms with Crippen molar-refractivity contribution in [2.75, 3.05) is 0 Å². The summed E-state index contributed by atoms with van der Waals surface area (Å²) in [4.78, 5) is 0.187. The average molecular weight is 352 g/mol. The second-order valence-electron chi connectivity index (χ2n) is 5.20. The third-order valence-electron chi connectivity index (χ3n) is 3.84. The van der Waals surface area contributed by atoms with E-state index in [-0.39, 0.29) is 10.8 Å². The van der Waals surface area contributed by atoms with E-state index in [0.29, 0.717) is 10.0 Å². The molecule has 0 N–H and O–H groups in total. The normalized spacial score (nSPS) is 23.8. The summed E-state index contributed by atoms with van der Waals surface area (Å²) in [6.07, 6.45) is 0. The Morgan fingerprint density at radius 1 is 1.00 bits per heavy atom. The fourth-order valence-corrected chi connectivity index (χ4v) is 5.11. The zero-order valence-corrected chi connectivity index (χ0v) is 13.6. The molecule has 1 aliphatic rings. The molecule has 22 heavy (non-hydrogen) atoms. The summed E-state index contributed by atoms with van der Waals surface area (Å²) in [5, 5.41) is 9.53. The SMILES string of the molecule is N#C[C@@H]1[C@H](c2cccc(Cl)c2)[C@@H]1S(=O)(=O)c1ccc(Cl)cc1. The number of hydrogen-bond acceptors (Lipinski definition) is 3. The fraction of sp³-hybridized carbons (Fsp3) is 0.188. The van der Waals surface area contributed by atoms with Gasteiger partial charge in [-0.1, -0.05) is 35.3 Å². The fourth-order valence-electron chi connectivity index (χ4n) is 2.72. The van der Waals surface area contributed by atoms with Crippen molar-refractivity contribution in [3.63, 3.8) is 0 Å². The Hall–Kier alpha value is -1.54. The number of hydrogen-bond donors (Lipinski definition) is 0. The molecule has 0 saturated heterocycles. The van der Waals surface area contributed by atoms with E-state index in [1.165, 1.54) is 24.3 Å². The van der Waals surface area contributed by atoms with Crippen molar-refractivity contribution >= 4 is 33.0 Å². The van der Waals surface area contributed by atoms with Gasteiger partial charge in [-0.3, -0.25) is 0 Å². The van der Waals surface area contributed by atoms with Gasteiger partial charge in [-0.15, -0.1) is 0 Å². The van der Waals surface area contributed by atoms with Crippen LogP contribution in [0.2, 0.25) is 10.0 Å². The molecule has 0 unspecified atom stereocenters. The molecule has 0 aliphatic heterocycles. The van der Waals surface area contributed by atoms with E-state index in [2.05, 4.69) is 6.07 Å². The van der Waals surface area contributed by atoms with Crippen LogP contribution in [-0.4, -0.2) is 13.7 Å². The van der Waals surface area contributed by atoms with Gasteiger partial charge in [0.05, 0.1) is 22.1 Å². The summed E-state index contributed by atoms with van der Waals surface area (Å²) in [6, 6.07) is 15.1. The van der Waals surface area contributed by atoms with Crippen LogP contribution in [0.15, 0.2) is 53.4 Å². The summed E-state index contributed by atoms with van der Waals surface area (Å²) in [5.74, 6) is -0.900. The van der Waals surface area contributed by atoms with Gasteiger partial charge >= 0.3 is 0 Å². The lowest BCUT2D eigenvalue weighted by Crippen LogP contribution is -2.10. The van der Waals surface area contributed by atoms with Crippen LogP contribution in [0.25, 0.3) is 0 Å². The highest BCUT2D eigenvalue weighted by Gasteiger charge is 2.59. The Balaban J connectivity index is 1.98. The van der Waals surface area contributed by atoms with Gasteiger partial charge < -0.3 is 0 Å². The maximum absolute atomic E-state index is 12.7. The summed E-state index contributed by atoms with van der Waals surface area (Å²) in [7, 11) is -3.58. The van der Waals surface area contributed by atoms with Crippen LogP contribution in [0.3, 0.4) is 0 Å². The molecule has 3 rings (SSSR count). The van der Waals surface area contributed by atoms with Crippen LogP contribution in [0.5, 0.6) is 0 Å². The van der Waals surface area contributed by atoms with Crippen LogP contribution in [-0.2, 0) is 9.84 Å². The zero-order chi connectivity index (χ0) is 15.9. The van der Waals surface area contributed by atoms with E-state index in [4.69, 9.17) is 23.2 Å². The molecular weight excluding hydrogens is 341 g/mol. The maximum Gasteiger partial charge on any atom is 0.183 e. The van der Waals surface area contributed by atoms with Gasteiger partial charge in [-0.05, 0) is 42.0 Å². The van der Waals surface area contributed by atoms with E-state index in [9.17, 15) is 13.7 Å². The molecule has 2 aromatic carbocycles. The largest absolute Gasteiger partial charge is 0.223 e. The monoisotopic (exact) mass is 351 g/mol. The molecule has 0 radical (unpaired) electrons. The number of halogens is 2. The standard InChI is InChI=1S/C16H11Cl2NO2S/c17-11-4-6-13(7-5-11)22(20,21)16-14(9-19)15(16)10-2-1-3-12(18)8-10/h1-8,14-16H/t14-,15+,16-/m1/s1. The molecule has 3 atom stereocenters. The maximum atomic E-state index is 12.7. The minimum atomic E-state index is -3.58. The van der Waals surface area contributed by atoms with Crippen molar-refractivity contribution in [3.05, 3.63) is 64.1 Å². The van der Waals surface area contributed by atoms with Crippen molar-refractivity contribution in [1.82, 2.24) is 0 Å². The molecule has 0 bridgehead atoms. The smallest absolute Gasteiger partial charge is 0.183 e. The van der Waals surface area contributed by atoms with Crippen molar-refractivity contribution < 1.29 is 8.42 Å². The molecular formula is C16H11Cl2NO2S. The Kier molecular flexibility index (Phi) is 3.90. The first kappa shape index (κ1) is 15.4. The lowest BCUT2D eigenvalue weighted by molar-refractivity contribution is 0.593. The Morgan fingerprint density at radius 2 is 1.68 bits per heavy atom. The first-order chi connectivity index (χ1) is 10.4. The molecule has 0 aromatic heterocycles. The predicted octanol–water partition coefficient (Wildman–Crippen LogP) is 4.07. The van der Waals surface area contributed by atoms with Gasteiger partial charge in [0.1, 0.15) is 0 Å². The highest BCUT2D eigenvalue weighted by molar-refractivity contribution is 7.92. The molecule has 6 heteroatoms. The van der Waals surface area contributed by atoms with Gasteiger partial charge in [0.2, 0.25) is 0 Å². The highest BCUT2D eigenvalue weighted by atomic mass is 35.5. The second-order valence-corrected chi connectivity index (χ2v) is 8.18. The van der Waals surface area contributed by atoms with Gasteiger partial charge in [0, 0.05) is 16.0 Å². The third-order valence-corrected chi connectivity index (χ3v) is 6.56. The van der Waals surface area contributed by atoms with Crippen molar-refractivity contribution in [2.45, 2.75) is 16.1 Å². The summed E-state index contributed by atoms with van der Waals surface area (Å²) >= 11 is 11.8. The van der Waals surface area contributed by atoms with Crippen LogP contribution < -0.4 is 0 Å². The quantitative estimate of drug-likeness (QED) is 0.837.